The Morgan fingerprint density at radius 2 is 1.72 bits per heavy atom. The van der Waals surface area contributed by atoms with E-state index in [4.69, 9.17) is 0 Å². The number of rotatable bonds is 6. The molecule has 29 heavy (non-hydrogen) atoms. The van der Waals surface area contributed by atoms with E-state index >= 15 is 0 Å². The summed E-state index contributed by atoms with van der Waals surface area (Å²) in [7, 11) is 0. The van der Waals surface area contributed by atoms with Gasteiger partial charge in [-0.15, -0.1) is 5.10 Å². The van der Waals surface area contributed by atoms with Gasteiger partial charge in [-0.05, 0) is 74.5 Å². The lowest BCUT2D eigenvalue weighted by molar-refractivity contribution is -0.140. The molecule has 7 nitrogen and oxygen atoms in total. The number of thioether (sulfide) groups is 1. The first-order valence-corrected chi connectivity index (χ1v) is 11.3. The molecule has 0 atom stereocenters. The van der Waals surface area contributed by atoms with Gasteiger partial charge in [0.15, 0.2) is 0 Å². The fourth-order valence-corrected chi connectivity index (χ4v) is 6.51. The standard InChI is InChI=1S/C21H25N5O2S/c27-18(12-29-19-11-22-26-25-19)23-16-2-1-3-17(7-16)24-20(28)21-8-13-4-14(9-21)6-15(5-13)10-21/h1-3,7,11,13-15H,4-6,8-10,12H2,(H,23,27)(H,24,28)(H,22,25,26). The van der Waals surface area contributed by atoms with Gasteiger partial charge in [0.1, 0.15) is 5.03 Å². The SMILES string of the molecule is O=C(CSc1cn[nH]n1)Nc1cccc(NC(=O)C23CC4CC(CC(C4)C2)C3)c1. The number of nitrogens with zero attached hydrogens (tertiary/aromatic N) is 2. The second-order valence-corrected chi connectivity index (χ2v) is 9.87. The topological polar surface area (TPSA) is 99.8 Å². The van der Waals surface area contributed by atoms with Crippen LogP contribution in [-0.4, -0.2) is 33.0 Å². The number of hydrogen-bond acceptors (Lipinski definition) is 5. The molecule has 152 valence electrons. The van der Waals surface area contributed by atoms with Gasteiger partial charge in [-0.2, -0.15) is 10.3 Å². The van der Waals surface area contributed by atoms with Crippen molar-refractivity contribution in [1.29, 1.82) is 0 Å². The Morgan fingerprint density at radius 1 is 1.07 bits per heavy atom. The quantitative estimate of drug-likeness (QED) is 0.630. The summed E-state index contributed by atoms with van der Waals surface area (Å²) in [6.07, 6.45) is 8.67. The first-order chi connectivity index (χ1) is 14.1. The zero-order chi connectivity index (χ0) is 19.8. The van der Waals surface area contributed by atoms with Crippen molar-refractivity contribution in [2.75, 3.05) is 16.4 Å². The van der Waals surface area contributed by atoms with Gasteiger partial charge in [-0.25, -0.2) is 0 Å². The molecular weight excluding hydrogens is 386 g/mol. The first-order valence-electron chi connectivity index (χ1n) is 10.3. The van der Waals surface area contributed by atoms with Crippen LogP contribution in [0.5, 0.6) is 0 Å². The Bertz CT molecular complexity index is 878. The molecule has 1 aromatic heterocycles. The molecule has 0 spiro atoms. The summed E-state index contributed by atoms with van der Waals surface area (Å²) in [6.45, 7) is 0. The molecule has 0 aliphatic heterocycles. The third-order valence-electron chi connectivity index (χ3n) is 6.67. The van der Waals surface area contributed by atoms with Crippen molar-refractivity contribution in [3.05, 3.63) is 30.5 Å². The predicted molar refractivity (Wildman–Crippen MR) is 111 cm³/mol. The zero-order valence-electron chi connectivity index (χ0n) is 16.2. The van der Waals surface area contributed by atoms with E-state index < -0.39 is 0 Å². The molecule has 4 saturated carbocycles. The number of carbonyl (C=O) groups is 2. The lowest BCUT2D eigenvalue weighted by atomic mass is 9.49. The summed E-state index contributed by atoms with van der Waals surface area (Å²) in [5.74, 6) is 2.50. The van der Waals surface area contributed by atoms with Crippen LogP contribution in [0.3, 0.4) is 0 Å². The molecule has 0 radical (unpaired) electrons. The second-order valence-electron chi connectivity index (χ2n) is 8.88. The lowest BCUT2D eigenvalue weighted by Crippen LogP contribution is -2.51. The molecule has 4 aliphatic carbocycles. The van der Waals surface area contributed by atoms with E-state index in [1.54, 1.807) is 6.20 Å². The third kappa shape index (κ3) is 3.90. The predicted octanol–water partition coefficient (Wildman–Crippen LogP) is 3.69. The number of nitrogens with one attached hydrogen (secondary N) is 3. The van der Waals surface area contributed by atoms with Gasteiger partial charge in [0.25, 0.3) is 0 Å². The lowest BCUT2D eigenvalue weighted by Gasteiger charge is -2.55. The number of hydrogen-bond donors (Lipinski definition) is 3. The highest BCUT2D eigenvalue weighted by molar-refractivity contribution is 7.99. The Balaban J connectivity index is 1.21. The van der Waals surface area contributed by atoms with Crippen LogP contribution in [0, 0.1) is 23.2 Å². The number of amides is 2. The minimum atomic E-state index is -0.178. The van der Waals surface area contributed by atoms with Crippen LogP contribution < -0.4 is 10.6 Å². The average molecular weight is 412 g/mol. The average Bonchev–Trinajstić information content (AvgIpc) is 3.19. The summed E-state index contributed by atoms with van der Waals surface area (Å²) >= 11 is 1.31. The molecule has 4 fully saturated rings. The van der Waals surface area contributed by atoms with Crippen molar-refractivity contribution in [3.8, 4) is 0 Å². The molecule has 0 saturated heterocycles. The Morgan fingerprint density at radius 3 is 2.34 bits per heavy atom. The molecule has 2 amide bonds. The van der Waals surface area contributed by atoms with Gasteiger partial charge in [0.2, 0.25) is 11.8 Å². The summed E-state index contributed by atoms with van der Waals surface area (Å²) < 4.78 is 0. The number of H-pyrrole nitrogens is 1. The maximum atomic E-state index is 13.2. The van der Waals surface area contributed by atoms with Gasteiger partial charge in [0, 0.05) is 11.4 Å². The Kier molecular flexibility index (Phi) is 4.81. The molecule has 6 rings (SSSR count). The van der Waals surface area contributed by atoms with Crippen LogP contribution in [0.4, 0.5) is 11.4 Å². The van der Waals surface area contributed by atoms with Crippen LogP contribution in [0.25, 0.3) is 0 Å². The van der Waals surface area contributed by atoms with Crippen LogP contribution in [0.2, 0.25) is 0 Å². The van der Waals surface area contributed by atoms with Crippen molar-refractivity contribution in [3.63, 3.8) is 0 Å². The van der Waals surface area contributed by atoms with Crippen molar-refractivity contribution in [2.24, 2.45) is 23.2 Å². The second kappa shape index (κ2) is 7.48. The van der Waals surface area contributed by atoms with E-state index in [0.29, 0.717) is 10.7 Å². The van der Waals surface area contributed by atoms with E-state index in [0.717, 1.165) is 42.7 Å². The number of aromatic nitrogens is 3. The van der Waals surface area contributed by atoms with E-state index in [1.165, 1.54) is 31.0 Å². The molecule has 0 unspecified atom stereocenters. The largest absolute Gasteiger partial charge is 0.326 e. The highest BCUT2D eigenvalue weighted by Crippen LogP contribution is 2.60. The molecule has 1 aromatic carbocycles. The maximum Gasteiger partial charge on any atom is 0.234 e. The molecule has 8 heteroatoms. The van der Waals surface area contributed by atoms with E-state index in [-0.39, 0.29) is 23.0 Å². The number of anilines is 2. The van der Waals surface area contributed by atoms with Gasteiger partial charge >= 0.3 is 0 Å². The number of benzene rings is 1. The van der Waals surface area contributed by atoms with Gasteiger partial charge < -0.3 is 10.6 Å². The molecule has 1 heterocycles. The van der Waals surface area contributed by atoms with Crippen molar-refractivity contribution in [2.45, 2.75) is 43.6 Å². The molecule has 3 N–H and O–H groups in total. The van der Waals surface area contributed by atoms with Crippen LogP contribution in [0.1, 0.15) is 38.5 Å². The number of carbonyl (C=O) groups excluding carboxylic acids is 2. The van der Waals surface area contributed by atoms with Crippen molar-refractivity contribution >= 4 is 35.0 Å². The highest BCUT2D eigenvalue weighted by atomic mass is 32.2. The van der Waals surface area contributed by atoms with Crippen molar-refractivity contribution in [1.82, 2.24) is 15.4 Å². The van der Waals surface area contributed by atoms with Gasteiger partial charge in [0.05, 0.1) is 17.4 Å². The summed E-state index contributed by atoms with van der Waals surface area (Å²) in [5, 5.41) is 16.9. The van der Waals surface area contributed by atoms with Gasteiger partial charge in [-0.1, -0.05) is 17.8 Å². The van der Waals surface area contributed by atoms with Crippen LogP contribution in [-0.2, 0) is 9.59 Å². The zero-order valence-corrected chi connectivity index (χ0v) is 17.0. The molecule has 4 aliphatic rings. The normalized spacial score (nSPS) is 29.6. The fraction of sp³-hybridized carbons (Fsp3) is 0.524. The molecular formula is C21H25N5O2S. The summed E-state index contributed by atoms with van der Waals surface area (Å²) in [5.41, 5.74) is 1.24. The van der Waals surface area contributed by atoms with Crippen molar-refractivity contribution < 1.29 is 9.59 Å². The Labute approximate surface area is 173 Å². The number of aromatic amines is 1. The molecule has 4 bridgehead atoms. The minimum Gasteiger partial charge on any atom is -0.326 e. The van der Waals surface area contributed by atoms with Gasteiger partial charge in [-0.3, -0.25) is 9.59 Å². The fourth-order valence-electron chi connectivity index (χ4n) is 5.92. The maximum absolute atomic E-state index is 13.2. The van der Waals surface area contributed by atoms with Crippen LogP contribution >= 0.6 is 11.8 Å². The minimum absolute atomic E-state index is 0.123. The highest BCUT2D eigenvalue weighted by Gasteiger charge is 2.54. The monoisotopic (exact) mass is 411 g/mol. The van der Waals surface area contributed by atoms with E-state index in [2.05, 4.69) is 26.0 Å². The molecule has 2 aromatic rings. The van der Waals surface area contributed by atoms with E-state index in [9.17, 15) is 9.59 Å². The summed E-state index contributed by atoms with van der Waals surface area (Å²) in [4.78, 5) is 25.4. The smallest absolute Gasteiger partial charge is 0.234 e. The van der Waals surface area contributed by atoms with Crippen LogP contribution in [0.15, 0.2) is 35.5 Å². The summed E-state index contributed by atoms with van der Waals surface area (Å²) in [6, 6.07) is 7.41. The third-order valence-corrected chi connectivity index (χ3v) is 7.57. The Hall–Kier alpha value is -2.35. The first kappa shape index (κ1) is 18.7. The van der Waals surface area contributed by atoms with E-state index in [1.807, 2.05) is 24.3 Å².